The van der Waals surface area contributed by atoms with Gasteiger partial charge in [-0.2, -0.15) is 10.4 Å². The second-order valence-corrected chi connectivity index (χ2v) is 3.50. The van der Waals surface area contributed by atoms with Gasteiger partial charge >= 0.3 is 0 Å². The molecule has 0 aliphatic heterocycles. The highest BCUT2D eigenvalue weighted by Crippen LogP contribution is 2.25. The first kappa shape index (κ1) is 11.1. The lowest BCUT2D eigenvalue weighted by Gasteiger charge is -2.05. The van der Waals surface area contributed by atoms with Crippen LogP contribution in [0.5, 0.6) is 5.75 Å². The van der Waals surface area contributed by atoms with Crippen LogP contribution >= 0.6 is 0 Å². The quantitative estimate of drug-likeness (QED) is 0.795. The lowest BCUT2D eigenvalue weighted by atomic mass is 10.1. The zero-order valence-corrected chi connectivity index (χ0v) is 9.44. The Balaban J connectivity index is 2.50. The van der Waals surface area contributed by atoms with Gasteiger partial charge in [-0.05, 0) is 18.2 Å². The van der Waals surface area contributed by atoms with E-state index in [1.807, 2.05) is 6.07 Å². The lowest BCUT2D eigenvalue weighted by molar-refractivity contribution is 0.386. The minimum absolute atomic E-state index is 0.191. The number of ether oxygens (including phenoxy) is 1. The fraction of sp³-hybridized carbons (Fsp3) is 0.167. The number of halogens is 1. The second-order valence-electron chi connectivity index (χ2n) is 3.50. The molecule has 0 saturated heterocycles. The van der Waals surface area contributed by atoms with E-state index in [-0.39, 0.29) is 5.75 Å². The smallest absolute Gasteiger partial charge is 0.165 e. The molecule has 1 aromatic carbocycles. The third-order valence-corrected chi connectivity index (χ3v) is 2.44. The number of nitrogens with zero attached hydrogens (tertiary/aromatic N) is 3. The minimum Gasteiger partial charge on any atom is -0.494 e. The van der Waals surface area contributed by atoms with Gasteiger partial charge in [-0.15, -0.1) is 0 Å². The van der Waals surface area contributed by atoms with E-state index < -0.39 is 5.82 Å². The molecule has 2 aromatic rings. The Morgan fingerprint density at radius 2 is 2.18 bits per heavy atom. The predicted octanol–water partition coefficient (Wildman–Crippen LogP) is 2.11. The Kier molecular flexibility index (Phi) is 2.79. The monoisotopic (exact) mass is 231 g/mol. The highest BCUT2D eigenvalue weighted by atomic mass is 19.1. The fourth-order valence-electron chi connectivity index (χ4n) is 1.62. The van der Waals surface area contributed by atoms with Crippen molar-refractivity contribution < 1.29 is 9.13 Å². The number of hydrogen-bond donors (Lipinski definition) is 0. The third kappa shape index (κ3) is 1.97. The first-order valence-corrected chi connectivity index (χ1v) is 4.93. The van der Waals surface area contributed by atoms with Crippen molar-refractivity contribution in [2.24, 2.45) is 7.05 Å². The molecule has 4 nitrogen and oxygen atoms in total. The van der Waals surface area contributed by atoms with E-state index >= 15 is 0 Å². The van der Waals surface area contributed by atoms with Crippen LogP contribution in [0.2, 0.25) is 0 Å². The van der Waals surface area contributed by atoms with Crippen molar-refractivity contribution in [3.63, 3.8) is 0 Å². The Bertz CT molecular complexity index is 598. The van der Waals surface area contributed by atoms with E-state index in [4.69, 9.17) is 10.00 Å². The summed E-state index contributed by atoms with van der Waals surface area (Å²) in [6.45, 7) is 0. The molecule has 0 N–H and O–H groups in total. The molecule has 86 valence electrons. The van der Waals surface area contributed by atoms with Crippen LogP contribution in [0.3, 0.4) is 0 Å². The summed E-state index contributed by atoms with van der Waals surface area (Å²) in [5.74, 6) is -0.249. The van der Waals surface area contributed by atoms with E-state index in [0.29, 0.717) is 17.0 Å². The van der Waals surface area contributed by atoms with Gasteiger partial charge in [-0.1, -0.05) is 0 Å². The largest absolute Gasteiger partial charge is 0.494 e. The van der Waals surface area contributed by atoms with Crippen molar-refractivity contribution >= 4 is 0 Å². The van der Waals surface area contributed by atoms with Gasteiger partial charge in [0.2, 0.25) is 0 Å². The van der Waals surface area contributed by atoms with Crippen molar-refractivity contribution in [2.45, 2.75) is 0 Å². The van der Waals surface area contributed by atoms with Gasteiger partial charge in [0.15, 0.2) is 17.3 Å². The third-order valence-electron chi connectivity index (χ3n) is 2.44. The normalized spacial score (nSPS) is 10.0. The summed E-state index contributed by atoms with van der Waals surface area (Å²) in [6.07, 6.45) is 0. The van der Waals surface area contributed by atoms with Gasteiger partial charge in [0.25, 0.3) is 0 Å². The number of benzene rings is 1. The molecule has 0 radical (unpaired) electrons. The summed E-state index contributed by atoms with van der Waals surface area (Å²) in [5, 5.41) is 12.7. The number of aromatic nitrogens is 2. The number of rotatable bonds is 2. The average Bonchev–Trinajstić information content (AvgIpc) is 2.70. The summed E-state index contributed by atoms with van der Waals surface area (Å²) < 4.78 is 19.9. The number of nitriles is 1. The second kappa shape index (κ2) is 4.26. The molecule has 0 bridgehead atoms. The molecule has 17 heavy (non-hydrogen) atoms. The van der Waals surface area contributed by atoms with Crippen LogP contribution in [0.4, 0.5) is 4.39 Å². The Morgan fingerprint density at radius 3 is 2.71 bits per heavy atom. The standard InChI is InChI=1S/C12H10FN3O/c1-16-11(6-9(7-14)15-16)8-3-4-12(17-2)10(13)5-8/h3-6H,1-2H3. The molecule has 0 aliphatic rings. The van der Waals surface area contributed by atoms with E-state index in [1.165, 1.54) is 13.2 Å². The SMILES string of the molecule is COc1ccc(-c2cc(C#N)nn2C)cc1F. The molecule has 0 spiro atoms. The fourth-order valence-corrected chi connectivity index (χ4v) is 1.62. The molecule has 0 aliphatic carbocycles. The van der Waals surface area contributed by atoms with Crippen molar-refractivity contribution in [2.75, 3.05) is 7.11 Å². The molecule has 0 saturated carbocycles. The van der Waals surface area contributed by atoms with Gasteiger partial charge in [0.05, 0.1) is 12.8 Å². The molecule has 0 atom stereocenters. The maximum absolute atomic E-state index is 13.5. The highest BCUT2D eigenvalue weighted by Gasteiger charge is 2.10. The van der Waals surface area contributed by atoms with E-state index in [9.17, 15) is 4.39 Å². The Hall–Kier alpha value is -2.35. The van der Waals surface area contributed by atoms with Crippen LogP contribution in [-0.2, 0) is 7.05 Å². The van der Waals surface area contributed by atoms with E-state index in [1.54, 1.807) is 29.9 Å². The first-order valence-electron chi connectivity index (χ1n) is 4.93. The summed E-state index contributed by atoms with van der Waals surface area (Å²) in [7, 11) is 3.12. The van der Waals surface area contributed by atoms with Crippen LogP contribution in [-0.4, -0.2) is 16.9 Å². The molecule has 1 heterocycles. The summed E-state index contributed by atoms with van der Waals surface area (Å²) in [5.41, 5.74) is 1.64. The van der Waals surface area contributed by atoms with Gasteiger partial charge in [-0.3, -0.25) is 4.68 Å². The van der Waals surface area contributed by atoms with Crippen molar-refractivity contribution in [3.05, 3.63) is 35.8 Å². The molecule has 0 unspecified atom stereocenters. The van der Waals surface area contributed by atoms with Gasteiger partial charge < -0.3 is 4.74 Å². The van der Waals surface area contributed by atoms with Crippen molar-refractivity contribution in [3.8, 4) is 23.1 Å². The first-order chi connectivity index (χ1) is 8.15. The van der Waals surface area contributed by atoms with Crippen molar-refractivity contribution in [1.29, 1.82) is 5.26 Å². The van der Waals surface area contributed by atoms with Crippen LogP contribution in [0.1, 0.15) is 5.69 Å². The number of aryl methyl sites for hydroxylation is 1. The van der Waals surface area contributed by atoms with Gasteiger partial charge in [-0.25, -0.2) is 4.39 Å². The maximum atomic E-state index is 13.5. The number of hydrogen-bond acceptors (Lipinski definition) is 3. The van der Waals surface area contributed by atoms with Gasteiger partial charge in [0, 0.05) is 18.7 Å². The Morgan fingerprint density at radius 1 is 1.41 bits per heavy atom. The highest BCUT2D eigenvalue weighted by molar-refractivity contribution is 5.62. The van der Waals surface area contributed by atoms with Crippen LogP contribution in [0.25, 0.3) is 11.3 Å². The summed E-state index contributed by atoms with van der Waals surface area (Å²) in [6, 6.07) is 8.18. The summed E-state index contributed by atoms with van der Waals surface area (Å²) in [4.78, 5) is 0. The zero-order chi connectivity index (χ0) is 12.4. The van der Waals surface area contributed by atoms with E-state index in [0.717, 1.165) is 0 Å². The van der Waals surface area contributed by atoms with E-state index in [2.05, 4.69) is 5.10 Å². The van der Waals surface area contributed by atoms with Crippen molar-refractivity contribution in [1.82, 2.24) is 9.78 Å². The Labute approximate surface area is 97.9 Å². The molecule has 0 fully saturated rings. The predicted molar refractivity (Wildman–Crippen MR) is 59.9 cm³/mol. The lowest BCUT2D eigenvalue weighted by Crippen LogP contribution is -1.95. The van der Waals surface area contributed by atoms with Crippen LogP contribution in [0, 0.1) is 17.1 Å². The van der Waals surface area contributed by atoms with Crippen LogP contribution in [0.15, 0.2) is 24.3 Å². The molecular weight excluding hydrogens is 221 g/mol. The molecule has 5 heteroatoms. The summed E-state index contributed by atoms with van der Waals surface area (Å²) >= 11 is 0. The molecular formula is C12H10FN3O. The minimum atomic E-state index is -0.440. The van der Waals surface area contributed by atoms with Gasteiger partial charge in [0.1, 0.15) is 6.07 Å². The topological polar surface area (TPSA) is 50.8 Å². The van der Waals surface area contributed by atoms with Crippen LogP contribution < -0.4 is 4.74 Å². The zero-order valence-electron chi connectivity index (χ0n) is 9.44. The molecule has 1 aromatic heterocycles. The molecule has 0 amide bonds. The maximum Gasteiger partial charge on any atom is 0.165 e. The average molecular weight is 231 g/mol. The number of methoxy groups -OCH3 is 1. The molecule has 2 rings (SSSR count).